The lowest BCUT2D eigenvalue weighted by atomic mass is 9.46. The van der Waals surface area contributed by atoms with Crippen molar-refractivity contribution in [3.63, 3.8) is 0 Å². The monoisotopic (exact) mass is 796 g/mol. The highest BCUT2D eigenvalue weighted by Gasteiger charge is 2.78. The van der Waals surface area contributed by atoms with Crippen LogP contribution >= 0.6 is 0 Å². The van der Waals surface area contributed by atoms with Gasteiger partial charge in [0, 0.05) is 33.5 Å². The maximum atomic E-state index is 12.6. The van der Waals surface area contributed by atoms with Crippen LogP contribution in [0.4, 0.5) is 0 Å². The standard InChI is InChI=1S/C23H30O6.C20H26O6.2CH4/c1-20(2)28-17-10-15-14-6-5-12-9-13(24)7-8-21(12,3)18(14)16(25)11-22(15,4)23(17,29-20)19(26)27;1-18-6-5-11(21)7-10(18)3-4-12-13-8-15(23)20(26,17(24)25)19(13,2)9-14(22)16(12)18;;/h7-9,14-18,25H,5-6,10-11H2,1-4H3,(H,26,27);5-7,12-16,22-23,26H,3-4,8-9H2,1-2H3,(H,24,25);2*1H4/t14-,15-,16-,17+,18+,21-,22-,23-;12-,13-,14-,15+,16+,18-,19-,20-;;/m00../s1. The van der Waals surface area contributed by atoms with Gasteiger partial charge in [-0.05, 0) is 113 Å². The number of hydrogen-bond acceptors (Lipinski definition) is 10. The van der Waals surface area contributed by atoms with Crippen LogP contribution in [0.5, 0.6) is 0 Å². The number of hydrogen-bond donors (Lipinski definition) is 6. The highest BCUT2D eigenvalue weighted by atomic mass is 16.8. The molecule has 0 unspecified atom stereocenters. The van der Waals surface area contributed by atoms with Crippen LogP contribution in [0, 0.1) is 57.2 Å². The zero-order valence-corrected chi connectivity index (χ0v) is 32.5. The van der Waals surface area contributed by atoms with Crippen LogP contribution in [-0.4, -0.2) is 95.5 Å². The van der Waals surface area contributed by atoms with Crippen molar-refractivity contribution in [1.29, 1.82) is 0 Å². The molecule has 16 atom stereocenters. The van der Waals surface area contributed by atoms with E-state index in [0.717, 1.165) is 24.0 Å². The quantitative estimate of drug-likeness (QED) is 0.214. The Kier molecular flexibility index (Phi) is 10.3. The van der Waals surface area contributed by atoms with Crippen molar-refractivity contribution < 1.29 is 59.3 Å². The molecule has 0 spiro atoms. The van der Waals surface area contributed by atoms with Crippen LogP contribution in [0.2, 0.25) is 0 Å². The second kappa shape index (κ2) is 13.5. The summed E-state index contributed by atoms with van der Waals surface area (Å²) in [5.41, 5.74) is -4.22. The maximum absolute atomic E-state index is 12.6. The topological polar surface area (TPSA) is 208 Å². The summed E-state index contributed by atoms with van der Waals surface area (Å²) in [6.07, 6.45) is 11.4. The number of rotatable bonds is 2. The highest BCUT2D eigenvalue weighted by Crippen LogP contribution is 2.71. The van der Waals surface area contributed by atoms with Crippen molar-refractivity contribution >= 4 is 23.5 Å². The van der Waals surface area contributed by atoms with Gasteiger partial charge in [0.05, 0.1) is 18.3 Å². The third-order valence-corrected chi connectivity index (χ3v) is 16.8. The smallest absolute Gasteiger partial charge is 0.339 e. The number of allylic oxidation sites excluding steroid dienone is 8. The number of ketones is 2. The van der Waals surface area contributed by atoms with Crippen molar-refractivity contribution in [2.24, 2.45) is 57.2 Å². The molecule has 12 heteroatoms. The van der Waals surface area contributed by atoms with Crippen molar-refractivity contribution in [1.82, 2.24) is 0 Å². The van der Waals surface area contributed by atoms with Crippen LogP contribution < -0.4 is 0 Å². The molecule has 0 amide bonds. The average molecular weight is 797 g/mol. The summed E-state index contributed by atoms with van der Waals surface area (Å²) in [6.45, 7) is 11.3. The second-order valence-electron chi connectivity index (χ2n) is 19.6. The summed E-state index contributed by atoms with van der Waals surface area (Å²) < 4.78 is 12.3. The van der Waals surface area contributed by atoms with Gasteiger partial charge in [-0.15, -0.1) is 0 Å². The van der Waals surface area contributed by atoms with Crippen LogP contribution in [0.3, 0.4) is 0 Å². The number of carbonyl (C=O) groups excluding carboxylic acids is 2. The van der Waals surface area contributed by atoms with Crippen LogP contribution in [0.1, 0.15) is 108 Å². The van der Waals surface area contributed by atoms with Crippen LogP contribution in [0.15, 0.2) is 47.6 Å². The van der Waals surface area contributed by atoms with Gasteiger partial charge in [0.2, 0.25) is 0 Å². The first-order valence-corrected chi connectivity index (χ1v) is 20.0. The van der Waals surface area contributed by atoms with Crippen molar-refractivity contribution in [2.75, 3.05) is 0 Å². The molecule has 0 aromatic rings. The molecule has 1 saturated heterocycles. The fourth-order valence-corrected chi connectivity index (χ4v) is 14.5. The Morgan fingerprint density at radius 1 is 0.702 bits per heavy atom. The lowest BCUT2D eigenvalue weighted by Crippen LogP contribution is -2.63. The third kappa shape index (κ3) is 5.52. The Labute approximate surface area is 336 Å². The second-order valence-corrected chi connectivity index (χ2v) is 19.6. The van der Waals surface area contributed by atoms with Gasteiger partial charge in [0.15, 0.2) is 28.6 Å². The molecule has 57 heavy (non-hydrogen) atoms. The number of aliphatic hydroxyl groups excluding tert-OH is 3. The van der Waals surface area contributed by atoms with Crippen molar-refractivity contribution in [2.45, 2.75) is 149 Å². The van der Waals surface area contributed by atoms with Crippen LogP contribution in [-0.2, 0) is 28.7 Å². The first-order valence-electron chi connectivity index (χ1n) is 20.0. The van der Waals surface area contributed by atoms with E-state index in [4.69, 9.17) is 9.47 Å². The summed E-state index contributed by atoms with van der Waals surface area (Å²) in [5, 5.41) is 63.8. The SMILES string of the molecule is C.C.CC1(C)O[C@@H]2C[C@H]3[C@@H]4CCC5=CC(=O)C=C[C@]5(C)[C@H]4[C@@H](O)C[C@]3(C)[C@]2(C(=O)O)O1.C[C@]12C=CC(=O)C=C1CC[C@@H]1[C@@H]2[C@@H](O)C[C@@]2(C)[C@H]1C[C@@H](O)[C@]2(O)C(=O)O. The molecule has 7 fully saturated rings. The molecule has 1 heterocycles. The molecule has 1 aliphatic heterocycles. The molecule has 0 aromatic heterocycles. The largest absolute Gasteiger partial charge is 0.479 e. The molecule has 0 aromatic carbocycles. The minimum atomic E-state index is -2.25. The Morgan fingerprint density at radius 3 is 1.61 bits per heavy atom. The Bertz CT molecular complexity index is 1860. The van der Waals surface area contributed by atoms with E-state index in [1.165, 1.54) is 0 Å². The van der Waals surface area contributed by atoms with Crippen molar-refractivity contribution in [3.05, 3.63) is 47.6 Å². The minimum Gasteiger partial charge on any atom is -0.479 e. The van der Waals surface area contributed by atoms with Gasteiger partial charge >= 0.3 is 11.9 Å². The average Bonchev–Trinajstić information content (AvgIpc) is 3.59. The van der Waals surface area contributed by atoms with E-state index >= 15 is 0 Å². The normalized spacial score (nSPS) is 50.6. The summed E-state index contributed by atoms with van der Waals surface area (Å²) in [5.74, 6) is -3.59. The summed E-state index contributed by atoms with van der Waals surface area (Å²) >= 11 is 0. The fraction of sp³-hybridized carbons (Fsp3) is 0.733. The number of ether oxygens (including phenoxy) is 2. The maximum Gasteiger partial charge on any atom is 0.339 e. The third-order valence-electron chi connectivity index (χ3n) is 16.8. The molecule has 316 valence electrons. The van der Waals surface area contributed by atoms with Gasteiger partial charge in [-0.2, -0.15) is 0 Å². The first-order chi connectivity index (χ1) is 25.5. The molecule has 6 N–H and O–H groups in total. The number of aliphatic carboxylic acids is 2. The van der Waals surface area contributed by atoms with E-state index < -0.39 is 69.6 Å². The zero-order chi connectivity index (χ0) is 40.1. The number of aliphatic hydroxyl groups is 4. The van der Waals surface area contributed by atoms with E-state index in [1.807, 2.05) is 26.0 Å². The first kappa shape index (κ1) is 43.6. The number of carboxylic acid groups (broad SMARTS) is 2. The molecule has 9 rings (SSSR count). The predicted molar refractivity (Wildman–Crippen MR) is 209 cm³/mol. The number of carbonyl (C=O) groups is 4. The molecule has 0 radical (unpaired) electrons. The van der Waals surface area contributed by atoms with Gasteiger partial charge < -0.3 is 40.1 Å². The van der Waals surface area contributed by atoms with E-state index in [1.54, 1.807) is 45.1 Å². The van der Waals surface area contributed by atoms with E-state index in [0.29, 0.717) is 25.7 Å². The molecule has 6 saturated carbocycles. The molecular weight excluding hydrogens is 732 g/mol. The van der Waals surface area contributed by atoms with E-state index in [9.17, 15) is 49.8 Å². The lowest BCUT2D eigenvalue weighted by molar-refractivity contribution is -0.232. The number of fused-ring (bicyclic) bond motifs is 12. The zero-order valence-electron chi connectivity index (χ0n) is 32.5. The Hall–Kier alpha value is -3.00. The summed E-state index contributed by atoms with van der Waals surface area (Å²) in [7, 11) is 0. The lowest BCUT2D eigenvalue weighted by Gasteiger charge is -2.59. The summed E-state index contributed by atoms with van der Waals surface area (Å²) in [6, 6.07) is 0. The molecule has 9 aliphatic rings. The van der Waals surface area contributed by atoms with Crippen LogP contribution in [0.25, 0.3) is 0 Å². The van der Waals surface area contributed by atoms with Crippen molar-refractivity contribution in [3.8, 4) is 0 Å². The summed E-state index contributed by atoms with van der Waals surface area (Å²) in [4.78, 5) is 48.1. The van der Waals surface area contributed by atoms with Gasteiger partial charge in [-0.25, -0.2) is 9.59 Å². The molecular formula is C45H64O12. The molecule has 8 aliphatic carbocycles. The van der Waals surface area contributed by atoms with Gasteiger partial charge in [-0.3, -0.25) is 9.59 Å². The van der Waals surface area contributed by atoms with Gasteiger partial charge in [-0.1, -0.05) is 65.8 Å². The highest BCUT2D eigenvalue weighted by molar-refractivity contribution is 6.01. The number of carboxylic acids is 2. The molecule has 0 bridgehead atoms. The Morgan fingerprint density at radius 2 is 1.16 bits per heavy atom. The van der Waals surface area contributed by atoms with Gasteiger partial charge in [0.1, 0.15) is 6.10 Å². The molecule has 12 nitrogen and oxygen atoms in total. The van der Waals surface area contributed by atoms with E-state index in [-0.39, 0.29) is 80.2 Å². The fourth-order valence-electron chi connectivity index (χ4n) is 14.5. The minimum absolute atomic E-state index is 0. The van der Waals surface area contributed by atoms with Gasteiger partial charge in [0.25, 0.3) is 0 Å². The Balaban J connectivity index is 0.000000187. The predicted octanol–water partition coefficient (Wildman–Crippen LogP) is 5.17. The van der Waals surface area contributed by atoms with E-state index in [2.05, 4.69) is 6.92 Å².